The van der Waals surface area contributed by atoms with Gasteiger partial charge in [-0.3, -0.25) is 29.4 Å². The number of rotatable bonds is 8. The van der Waals surface area contributed by atoms with Crippen molar-refractivity contribution in [3.8, 4) is 5.75 Å². The summed E-state index contributed by atoms with van der Waals surface area (Å²) in [6.45, 7) is 1.87. The number of anilines is 3. The van der Waals surface area contributed by atoms with E-state index >= 15 is 0 Å². The van der Waals surface area contributed by atoms with Gasteiger partial charge in [0.05, 0.1) is 28.9 Å². The van der Waals surface area contributed by atoms with Crippen LogP contribution < -0.4 is 25.2 Å². The smallest absolute Gasteiger partial charge is 0.416 e. The van der Waals surface area contributed by atoms with E-state index in [-0.39, 0.29) is 48.6 Å². The molecule has 240 valence electrons. The third-order valence-corrected chi connectivity index (χ3v) is 7.92. The van der Waals surface area contributed by atoms with E-state index in [9.17, 15) is 36.7 Å². The van der Waals surface area contributed by atoms with E-state index in [4.69, 9.17) is 4.74 Å². The number of amides is 4. The average molecular weight is 642 g/mol. The lowest BCUT2D eigenvalue weighted by Gasteiger charge is -2.36. The molecule has 0 aliphatic carbocycles. The molecule has 2 aromatic carbocycles. The molecule has 4 amide bonds. The molecule has 16 heteroatoms. The first kappa shape index (κ1) is 30.7. The van der Waals surface area contributed by atoms with E-state index in [0.717, 1.165) is 17.0 Å². The van der Waals surface area contributed by atoms with Crippen LogP contribution in [0.25, 0.3) is 0 Å². The summed E-state index contributed by atoms with van der Waals surface area (Å²) >= 11 is 0. The van der Waals surface area contributed by atoms with E-state index in [1.54, 1.807) is 29.3 Å². The number of benzene rings is 2. The first-order chi connectivity index (χ1) is 22.0. The molecule has 1 unspecified atom stereocenters. The minimum absolute atomic E-state index is 0.0164. The Kier molecular flexibility index (Phi) is 8.19. The van der Waals surface area contributed by atoms with Crippen molar-refractivity contribution in [1.29, 1.82) is 0 Å². The highest BCUT2D eigenvalue weighted by molar-refractivity contribution is 6.24. The molecule has 2 N–H and O–H groups in total. The second-order valence-electron chi connectivity index (χ2n) is 10.8. The molecule has 2 fully saturated rings. The zero-order valence-corrected chi connectivity index (χ0v) is 24.1. The summed E-state index contributed by atoms with van der Waals surface area (Å²) in [5.74, 6) is -2.31. The summed E-state index contributed by atoms with van der Waals surface area (Å²) in [4.78, 5) is 63.3. The number of fused-ring (bicyclic) bond motifs is 1. The molecule has 3 aromatic rings. The number of nitrogens with one attached hydrogen (secondary N) is 2. The third kappa shape index (κ3) is 6.01. The SMILES string of the molecule is O=C1CCC(N2C(=O)c3cccc(OCCNc4ccnc(N5CCN(c6ccc(C(F)(F)F)cc6F)CC5)n4)c3C2=O)C(=O)N1. The maximum Gasteiger partial charge on any atom is 0.416 e. The van der Waals surface area contributed by atoms with Crippen molar-refractivity contribution >= 4 is 41.1 Å². The normalized spacial score (nSPS) is 18.5. The van der Waals surface area contributed by atoms with Crippen LogP contribution in [0.4, 0.5) is 35.0 Å². The summed E-state index contributed by atoms with van der Waals surface area (Å²) in [5.41, 5.74) is -0.774. The monoisotopic (exact) mass is 641 g/mol. The van der Waals surface area contributed by atoms with E-state index < -0.39 is 47.2 Å². The Labute approximate surface area is 259 Å². The predicted molar refractivity (Wildman–Crippen MR) is 155 cm³/mol. The van der Waals surface area contributed by atoms with Crippen molar-refractivity contribution in [2.24, 2.45) is 0 Å². The van der Waals surface area contributed by atoms with E-state index in [2.05, 4.69) is 20.6 Å². The second kappa shape index (κ2) is 12.3. The fraction of sp³-hybridized carbons (Fsp3) is 0.333. The number of carbonyl (C=O) groups is 4. The lowest BCUT2D eigenvalue weighted by molar-refractivity contribution is -0.138. The first-order valence-corrected chi connectivity index (χ1v) is 14.4. The molecule has 6 rings (SSSR count). The van der Waals surface area contributed by atoms with Gasteiger partial charge < -0.3 is 19.9 Å². The van der Waals surface area contributed by atoms with Crippen LogP contribution in [0.15, 0.2) is 48.7 Å². The van der Waals surface area contributed by atoms with Gasteiger partial charge in [-0.05, 0) is 42.8 Å². The number of aromatic nitrogens is 2. The Balaban J connectivity index is 1.03. The van der Waals surface area contributed by atoms with Crippen LogP contribution in [0.1, 0.15) is 39.1 Å². The molecule has 0 radical (unpaired) electrons. The Morgan fingerprint density at radius 3 is 2.46 bits per heavy atom. The number of hydrogen-bond acceptors (Lipinski definition) is 10. The molecule has 1 atom stereocenters. The number of alkyl halides is 3. The molecular formula is C30H27F4N7O5. The van der Waals surface area contributed by atoms with Gasteiger partial charge >= 0.3 is 6.18 Å². The largest absolute Gasteiger partial charge is 0.491 e. The molecule has 46 heavy (non-hydrogen) atoms. The van der Waals surface area contributed by atoms with Gasteiger partial charge in [0.1, 0.15) is 30.0 Å². The fourth-order valence-corrected chi connectivity index (χ4v) is 5.63. The number of piperazine rings is 1. The Morgan fingerprint density at radius 1 is 0.978 bits per heavy atom. The molecule has 4 heterocycles. The van der Waals surface area contributed by atoms with Crippen LogP contribution in [-0.2, 0) is 15.8 Å². The fourth-order valence-electron chi connectivity index (χ4n) is 5.63. The molecule has 0 spiro atoms. The van der Waals surface area contributed by atoms with Gasteiger partial charge in [0.15, 0.2) is 0 Å². The summed E-state index contributed by atoms with van der Waals surface area (Å²) in [6.07, 6.45) is -3.00. The Hall–Kier alpha value is -5.28. The van der Waals surface area contributed by atoms with E-state index in [0.29, 0.717) is 44.0 Å². The molecule has 3 aliphatic rings. The number of carbonyl (C=O) groups excluding carboxylic acids is 4. The molecule has 12 nitrogen and oxygen atoms in total. The second-order valence-corrected chi connectivity index (χ2v) is 10.8. The van der Waals surface area contributed by atoms with E-state index in [1.807, 2.05) is 4.90 Å². The lowest BCUT2D eigenvalue weighted by Crippen LogP contribution is -2.54. The topological polar surface area (TPSA) is 137 Å². The van der Waals surface area contributed by atoms with Crippen molar-refractivity contribution in [3.63, 3.8) is 0 Å². The summed E-state index contributed by atoms with van der Waals surface area (Å²) in [5, 5.41) is 5.27. The molecule has 0 bridgehead atoms. The standard InChI is InChI=1S/C30H27F4N7O5/c31-19-16-17(30(32,33)34)4-5-20(19)39-11-13-40(14-12-39)29-36-9-8-23(37-29)35-10-15-46-22-3-1-2-18-25(22)28(45)41(27(18)44)21-6-7-24(42)38-26(21)43/h1-5,8-9,16,21H,6-7,10-15H2,(H,35,36,37)(H,38,42,43). The zero-order chi connectivity index (χ0) is 32.6. The van der Waals surface area contributed by atoms with Gasteiger partial charge in [-0.25, -0.2) is 9.37 Å². The van der Waals surface area contributed by atoms with Gasteiger partial charge in [0, 0.05) is 38.8 Å². The minimum Gasteiger partial charge on any atom is -0.491 e. The van der Waals surface area contributed by atoms with Gasteiger partial charge in [-0.2, -0.15) is 18.2 Å². The maximum atomic E-state index is 14.5. The highest BCUT2D eigenvalue weighted by Crippen LogP contribution is 2.34. The van der Waals surface area contributed by atoms with Crippen molar-refractivity contribution in [2.45, 2.75) is 25.1 Å². The van der Waals surface area contributed by atoms with Gasteiger partial charge in [0.25, 0.3) is 11.8 Å². The van der Waals surface area contributed by atoms with Crippen molar-refractivity contribution in [1.82, 2.24) is 20.2 Å². The number of nitrogens with zero attached hydrogens (tertiary/aromatic N) is 5. The van der Waals surface area contributed by atoms with Crippen molar-refractivity contribution < 1.29 is 41.5 Å². The van der Waals surface area contributed by atoms with Crippen LogP contribution in [0.2, 0.25) is 0 Å². The molecule has 3 aliphatic heterocycles. The highest BCUT2D eigenvalue weighted by Gasteiger charge is 2.46. The third-order valence-electron chi connectivity index (χ3n) is 7.92. The highest BCUT2D eigenvalue weighted by atomic mass is 19.4. The number of imide groups is 2. The van der Waals surface area contributed by atoms with Gasteiger partial charge in [-0.15, -0.1) is 0 Å². The zero-order valence-electron chi connectivity index (χ0n) is 24.1. The van der Waals surface area contributed by atoms with Crippen molar-refractivity contribution in [2.75, 3.05) is 54.4 Å². The van der Waals surface area contributed by atoms with Crippen LogP contribution in [0, 0.1) is 5.82 Å². The first-order valence-electron chi connectivity index (χ1n) is 14.4. The van der Waals surface area contributed by atoms with Crippen LogP contribution in [0.3, 0.4) is 0 Å². The Bertz CT molecular complexity index is 1710. The van der Waals surface area contributed by atoms with Gasteiger partial charge in [0.2, 0.25) is 17.8 Å². The Morgan fingerprint density at radius 2 is 1.74 bits per heavy atom. The van der Waals surface area contributed by atoms with Crippen LogP contribution in [0.5, 0.6) is 5.75 Å². The molecule has 0 saturated carbocycles. The number of hydrogen-bond donors (Lipinski definition) is 2. The number of ether oxygens (including phenoxy) is 1. The summed E-state index contributed by atoms with van der Waals surface area (Å²) in [6, 6.07) is 7.68. The summed E-state index contributed by atoms with van der Waals surface area (Å²) in [7, 11) is 0. The summed E-state index contributed by atoms with van der Waals surface area (Å²) < 4.78 is 59.0. The van der Waals surface area contributed by atoms with Crippen LogP contribution in [-0.4, -0.2) is 83.9 Å². The number of piperidine rings is 1. The van der Waals surface area contributed by atoms with Gasteiger partial charge in [-0.1, -0.05) is 6.07 Å². The molecular weight excluding hydrogens is 614 g/mol. The van der Waals surface area contributed by atoms with Crippen LogP contribution >= 0.6 is 0 Å². The maximum absolute atomic E-state index is 14.5. The number of halogens is 4. The predicted octanol–water partition coefficient (Wildman–Crippen LogP) is 2.85. The average Bonchev–Trinajstić information content (AvgIpc) is 3.29. The van der Waals surface area contributed by atoms with E-state index in [1.165, 1.54) is 6.07 Å². The quantitative estimate of drug-likeness (QED) is 0.215. The molecule has 1 aromatic heterocycles. The molecule has 2 saturated heterocycles. The van der Waals surface area contributed by atoms with Crippen molar-refractivity contribution in [3.05, 3.63) is 71.2 Å². The lowest BCUT2D eigenvalue weighted by atomic mass is 10.0. The minimum atomic E-state index is -4.62.